The number of nitrogens with one attached hydrogen (secondary N) is 1. The standard InChI is InChI=1S/C20H17ClFN5O2/c1-11(2)27-18-15(19(28)25-20(27)29)26(10-12-5-7-13(22)8-6-12)17(24-18)14-4-3-9-23-16(14)21/h3-9,11H,10H2,1-2H3,(H,25,28,29). The van der Waals surface area contributed by atoms with Crippen LogP contribution in [-0.4, -0.2) is 24.1 Å². The predicted molar refractivity (Wildman–Crippen MR) is 109 cm³/mol. The van der Waals surface area contributed by atoms with Gasteiger partial charge in [0.1, 0.15) is 16.8 Å². The van der Waals surface area contributed by atoms with Crippen molar-refractivity contribution < 1.29 is 4.39 Å². The number of benzene rings is 1. The SMILES string of the molecule is CC(C)n1c(=O)[nH]c(=O)c2c1nc(-c1cccnc1Cl)n2Cc1ccc(F)cc1. The Morgan fingerprint density at radius 1 is 1.17 bits per heavy atom. The van der Waals surface area contributed by atoms with Crippen molar-refractivity contribution in [2.45, 2.75) is 26.4 Å². The van der Waals surface area contributed by atoms with Gasteiger partial charge in [-0.2, -0.15) is 0 Å². The highest BCUT2D eigenvalue weighted by atomic mass is 35.5. The Hall–Kier alpha value is -3.26. The molecule has 4 aromatic rings. The number of aromatic amines is 1. The van der Waals surface area contributed by atoms with Crippen molar-refractivity contribution in [3.8, 4) is 11.4 Å². The molecule has 0 unspecified atom stereocenters. The Morgan fingerprint density at radius 3 is 2.55 bits per heavy atom. The number of fused-ring (bicyclic) bond motifs is 1. The van der Waals surface area contributed by atoms with Crippen LogP contribution in [0.15, 0.2) is 52.2 Å². The van der Waals surface area contributed by atoms with Crippen LogP contribution in [0.2, 0.25) is 5.15 Å². The second kappa shape index (κ2) is 7.29. The van der Waals surface area contributed by atoms with Gasteiger partial charge < -0.3 is 4.57 Å². The minimum absolute atomic E-state index is 0.220. The van der Waals surface area contributed by atoms with E-state index in [1.54, 1.807) is 35.0 Å². The number of nitrogens with zero attached hydrogens (tertiary/aromatic N) is 4. The summed E-state index contributed by atoms with van der Waals surface area (Å²) in [5.74, 6) is 0.0409. The molecule has 0 atom stereocenters. The van der Waals surface area contributed by atoms with E-state index in [0.29, 0.717) is 11.4 Å². The number of rotatable bonds is 4. The molecule has 148 valence electrons. The molecule has 4 rings (SSSR count). The summed E-state index contributed by atoms with van der Waals surface area (Å²) in [6, 6.07) is 9.17. The first kappa shape index (κ1) is 19.1. The molecule has 1 aromatic carbocycles. The largest absolute Gasteiger partial charge is 0.330 e. The third kappa shape index (κ3) is 3.36. The molecular formula is C20H17ClFN5O2. The van der Waals surface area contributed by atoms with Crippen LogP contribution in [0.1, 0.15) is 25.5 Å². The molecule has 3 aromatic heterocycles. The highest BCUT2D eigenvalue weighted by Gasteiger charge is 2.22. The first-order valence-corrected chi connectivity index (χ1v) is 9.35. The van der Waals surface area contributed by atoms with Crippen LogP contribution in [0.4, 0.5) is 4.39 Å². The van der Waals surface area contributed by atoms with E-state index < -0.39 is 11.2 Å². The fourth-order valence-electron chi connectivity index (χ4n) is 3.31. The summed E-state index contributed by atoms with van der Waals surface area (Å²) in [6.45, 7) is 3.89. The molecule has 3 heterocycles. The summed E-state index contributed by atoms with van der Waals surface area (Å²) >= 11 is 6.29. The van der Waals surface area contributed by atoms with E-state index in [0.717, 1.165) is 5.56 Å². The minimum Gasteiger partial charge on any atom is -0.314 e. The normalized spacial score (nSPS) is 11.5. The van der Waals surface area contributed by atoms with E-state index in [1.165, 1.54) is 16.7 Å². The number of imidazole rings is 1. The highest BCUT2D eigenvalue weighted by Crippen LogP contribution is 2.28. The van der Waals surface area contributed by atoms with Gasteiger partial charge in [0.15, 0.2) is 11.2 Å². The van der Waals surface area contributed by atoms with E-state index in [4.69, 9.17) is 11.6 Å². The van der Waals surface area contributed by atoms with Crippen molar-refractivity contribution in [2.75, 3.05) is 0 Å². The Labute approximate surface area is 169 Å². The molecule has 0 aliphatic rings. The van der Waals surface area contributed by atoms with Crippen LogP contribution in [0.25, 0.3) is 22.6 Å². The Bertz CT molecular complexity index is 1320. The average Bonchev–Trinajstić information content (AvgIpc) is 3.02. The summed E-state index contributed by atoms with van der Waals surface area (Å²) in [5.41, 5.74) is 0.683. The molecule has 0 radical (unpaired) electrons. The summed E-state index contributed by atoms with van der Waals surface area (Å²) in [4.78, 5) is 36.2. The van der Waals surface area contributed by atoms with Gasteiger partial charge in [-0.25, -0.2) is 19.2 Å². The molecule has 0 spiro atoms. The number of hydrogen-bond donors (Lipinski definition) is 1. The fraction of sp³-hybridized carbons (Fsp3) is 0.200. The van der Waals surface area contributed by atoms with Crippen LogP contribution in [-0.2, 0) is 6.54 Å². The van der Waals surface area contributed by atoms with Gasteiger partial charge in [0.2, 0.25) is 0 Å². The van der Waals surface area contributed by atoms with E-state index in [1.807, 2.05) is 13.8 Å². The van der Waals surface area contributed by atoms with E-state index in [2.05, 4.69) is 15.0 Å². The van der Waals surface area contributed by atoms with Gasteiger partial charge in [0, 0.05) is 18.8 Å². The van der Waals surface area contributed by atoms with Gasteiger partial charge in [-0.3, -0.25) is 14.3 Å². The van der Waals surface area contributed by atoms with Gasteiger partial charge >= 0.3 is 5.69 Å². The van der Waals surface area contributed by atoms with Crippen LogP contribution >= 0.6 is 11.6 Å². The zero-order valence-corrected chi connectivity index (χ0v) is 16.4. The van der Waals surface area contributed by atoms with Crippen molar-refractivity contribution >= 4 is 22.8 Å². The molecule has 0 fully saturated rings. The lowest BCUT2D eigenvalue weighted by Gasteiger charge is -2.11. The summed E-state index contributed by atoms with van der Waals surface area (Å²) < 4.78 is 16.4. The second-order valence-corrected chi connectivity index (χ2v) is 7.24. The van der Waals surface area contributed by atoms with Crippen LogP contribution in [0.3, 0.4) is 0 Å². The Morgan fingerprint density at radius 2 is 1.90 bits per heavy atom. The zero-order valence-electron chi connectivity index (χ0n) is 15.7. The van der Waals surface area contributed by atoms with Crippen LogP contribution in [0, 0.1) is 5.82 Å². The molecule has 0 saturated heterocycles. The van der Waals surface area contributed by atoms with Crippen molar-refractivity contribution in [1.82, 2.24) is 24.1 Å². The molecule has 7 nitrogen and oxygen atoms in total. The molecule has 0 amide bonds. The second-order valence-electron chi connectivity index (χ2n) is 6.89. The van der Waals surface area contributed by atoms with Crippen molar-refractivity contribution in [1.29, 1.82) is 0 Å². The molecule has 1 N–H and O–H groups in total. The summed E-state index contributed by atoms with van der Waals surface area (Å²) in [5, 5.41) is 0.220. The monoisotopic (exact) mass is 413 g/mol. The number of hydrogen-bond acceptors (Lipinski definition) is 4. The van der Waals surface area contributed by atoms with Crippen LogP contribution in [0.5, 0.6) is 0 Å². The minimum atomic E-state index is -0.553. The molecule has 0 aliphatic heterocycles. The van der Waals surface area contributed by atoms with Crippen molar-refractivity contribution in [3.63, 3.8) is 0 Å². The van der Waals surface area contributed by atoms with Gasteiger partial charge in [-0.1, -0.05) is 23.7 Å². The topological polar surface area (TPSA) is 85.6 Å². The van der Waals surface area contributed by atoms with Crippen molar-refractivity contribution in [3.05, 3.63) is 80.0 Å². The van der Waals surface area contributed by atoms with Gasteiger partial charge in [0.25, 0.3) is 5.56 Å². The third-order valence-corrected chi connectivity index (χ3v) is 4.90. The maximum atomic E-state index is 13.3. The summed E-state index contributed by atoms with van der Waals surface area (Å²) in [7, 11) is 0. The molecule has 0 aliphatic carbocycles. The first-order chi connectivity index (χ1) is 13.9. The molecule has 0 saturated carbocycles. The van der Waals surface area contributed by atoms with Gasteiger partial charge in [-0.05, 0) is 43.7 Å². The number of halogens is 2. The molecule has 0 bridgehead atoms. The van der Waals surface area contributed by atoms with Crippen LogP contribution < -0.4 is 11.2 Å². The van der Waals surface area contributed by atoms with E-state index in [-0.39, 0.29) is 34.7 Å². The molecule has 29 heavy (non-hydrogen) atoms. The highest BCUT2D eigenvalue weighted by molar-refractivity contribution is 6.32. The van der Waals surface area contributed by atoms with E-state index >= 15 is 0 Å². The molecule has 9 heteroatoms. The van der Waals surface area contributed by atoms with Gasteiger partial charge in [0.05, 0.1) is 5.56 Å². The lowest BCUT2D eigenvalue weighted by Crippen LogP contribution is -2.32. The third-order valence-electron chi connectivity index (χ3n) is 4.60. The van der Waals surface area contributed by atoms with E-state index in [9.17, 15) is 14.0 Å². The fourth-order valence-corrected chi connectivity index (χ4v) is 3.51. The smallest absolute Gasteiger partial charge is 0.314 e. The zero-order chi connectivity index (χ0) is 20.7. The van der Waals surface area contributed by atoms with Gasteiger partial charge in [-0.15, -0.1) is 0 Å². The number of pyridine rings is 1. The lowest BCUT2D eigenvalue weighted by atomic mass is 10.2. The summed E-state index contributed by atoms with van der Waals surface area (Å²) in [6.07, 6.45) is 1.55. The Balaban J connectivity index is 2.07. The number of aromatic nitrogens is 5. The maximum absolute atomic E-state index is 13.3. The predicted octanol–water partition coefficient (Wildman–Crippen LogP) is 3.37. The number of H-pyrrole nitrogens is 1. The maximum Gasteiger partial charge on any atom is 0.330 e. The Kier molecular flexibility index (Phi) is 4.79. The molecular weight excluding hydrogens is 397 g/mol. The first-order valence-electron chi connectivity index (χ1n) is 8.97. The quantitative estimate of drug-likeness (QED) is 0.520. The lowest BCUT2D eigenvalue weighted by molar-refractivity contribution is 0.580. The average molecular weight is 414 g/mol. The van der Waals surface area contributed by atoms with Crippen molar-refractivity contribution in [2.24, 2.45) is 0 Å².